The van der Waals surface area contributed by atoms with Crippen molar-refractivity contribution in [2.45, 2.75) is 31.7 Å². The molecule has 1 aliphatic rings. The monoisotopic (exact) mass is 288 g/mol. The van der Waals surface area contributed by atoms with Crippen molar-refractivity contribution in [1.82, 2.24) is 4.90 Å². The van der Waals surface area contributed by atoms with Gasteiger partial charge in [-0.05, 0) is 36.6 Å². The first-order valence-corrected chi connectivity index (χ1v) is 7.11. The topological polar surface area (TPSA) is 69.6 Å². The average Bonchev–Trinajstić information content (AvgIpc) is 2.99. The number of amides is 2. The molecule has 0 saturated heterocycles. The maximum absolute atomic E-state index is 12.1. The van der Waals surface area contributed by atoms with Gasteiger partial charge in [0.25, 0.3) is 0 Å². The highest BCUT2D eigenvalue weighted by atomic mass is 16.4. The van der Waals surface area contributed by atoms with Crippen LogP contribution in [0.15, 0.2) is 30.3 Å². The molecule has 1 aromatic rings. The third-order valence-corrected chi connectivity index (χ3v) is 3.77. The molecule has 1 aliphatic carbocycles. The van der Waals surface area contributed by atoms with Gasteiger partial charge in [0, 0.05) is 24.9 Å². The van der Waals surface area contributed by atoms with Gasteiger partial charge < -0.3 is 15.3 Å². The Morgan fingerprint density at radius 1 is 1.24 bits per heavy atom. The van der Waals surface area contributed by atoms with Crippen LogP contribution < -0.4 is 5.32 Å². The largest absolute Gasteiger partial charge is 0.478 e. The lowest BCUT2D eigenvalue weighted by Gasteiger charge is -2.24. The Balaban J connectivity index is 1.93. The molecule has 1 saturated carbocycles. The lowest BCUT2D eigenvalue weighted by Crippen LogP contribution is -2.38. The van der Waals surface area contributed by atoms with Gasteiger partial charge in [0.15, 0.2) is 0 Å². The summed E-state index contributed by atoms with van der Waals surface area (Å²) < 4.78 is 0. The summed E-state index contributed by atoms with van der Waals surface area (Å²) in [5.41, 5.74) is 1.48. The van der Waals surface area contributed by atoms with E-state index in [2.05, 4.69) is 5.32 Å². The highest BCUT2D eigenvalue weighted by Gasteiger charge is 2.23. The summed E-state index contributed by atoms with van der Waals surface area (Å²) >= 11 is 0. The molecule has 0 heterocycles. The van der Waals surface area contributed by atoms with Gasteiger partial charge in [0.2, 0.25) is 0 Å². The fourth-order valence-electron chi connectivity index (χ4n) is 2.51. The Bertz CT molecular complexity index is 531. The standard InChI is InChI=1S/C16H20N2O3/c1-18(14-4-2-3-5-14)16(21)17-13-9-6-12(7-10-13)8-11-15(19)20/h6-11,14H,2-5H2,1H3,(H,17,21)(H,19,20)/b11-8+. The molecule has 0 unspecified atom stereocenters. The van der Waals surface area contributed by atoms with Crippen LogP contribution in [0.4, 0.5) is 10.5 Å². The van der Waals surface area contributed by atoms with Crippen LogP contribution in [0.1, 0.15) is 31.2 Å². The fraction of sp³-hybridized carbons (Fsp3) is 0.375. The normalized spacial score (nSPS) is 15.3. The Labute approximate surface area is 124 Å². The van der Waals surface area contributed by atoms with E-state index in [0.717, 1.165) is 24.5 Å². The summed E-state index contributed by atoms with van der Waals surface area (Å²) in [4.78, 5) is 24.3. The maximum Gasteiger partial charge on any atom is 0.328 e. The number of nitrogens with one attached hydrogen (secondary N) is 1. The Hall–Kier alpha value is -2.30. The molecule has 5 heteroatoms. The molecule has 1 aromatic carbocycles. The van der Waals surface area contributed by atoms with E-state index in [-0.39, 0.29) is 6.03 Å². The number of carboxylic acids is 1. The van der Waals surface area contributed by atoms with Crippen molar-refractivity contribution >= 4 is 23.8 Å². The number of nitrogens with zero attached hydrogens (tertiary/aromatic N) is 1. The molecule has 112 valence electrons. The molecule has 0 bridgehead atoms. The lowest BCUT2D eigenvalue weighted by molar-refractivity contribution is -0.131. The van der Waals surface area contributed by atoms with E-state index in [4.69, 9.17) is 5.11 Å². The maximum atomic E-state index is 12.1. The van der Waals surface area contributed by atoms with Crippen molar-refractivity contribution in [2.24, 2.45) is 0 Å². The predicted octanol–water partition coefficient (Wildman–Crippen LogP) is 3.19. The third kappa shape index (κ3) is 4.34. The van der Waals surface area contributed by atoms with Gasteiger partial charge in [-0.25, -0.2) is 9.59 Å². The first kappa shape index (κ1) is 15.1. The van der Waals surface area contributed by atoms with Crippen molar-refractivity contribution < 1.29 is 14.7 Å². The minimum Gasteiger partial charge on any atom is -0.478 e. The van der Waals surface area contributed by atoms with Gasteiger partial charge >= 0.3 is 12.0 Å². The van der Waals surface area contributed by atoms with Crippen LogP contribution in [0.5, 0.6) is 0 Å². The van der Waals surface area contributed by atoms with Crippen LogP contribution in [0.2, 0.25) is 0 Å². The van der Waals surface area contributed by atoms with Gasteiger partial charge in [-0.15, -0.1) is 0 Å². The van der Waals surface area contributed by atoms with Crippen LogP contribution >= 0.6 is 0 Å². The highest BCUT2D eigenvalue weighted by Crippen LogP contribution is 2.23. The molecule has 0 aromatic heterocycles. The molecule has 1 fully saturated rings. The van der Waals surface area contributed by atoms with E-state index in [9.17, 15) is 9.59 Å². The van der Waals surface area contributed by atoms with Gasteiger partial charge in [0.1, 0.15) is 0 Å². The van der Waals surface area contributed by atoms with Gasteiger partial charge in [-0.2, -0.15) is 0 Å². The summed E-state index contributed by atoms with van der Waals surface area (Å²) in [6.07, 6.45) is 7.12. The molecule has 2 N–H and O–H groups in total. The highest BCUT2D eigenvalue weighted by molar-refractivity contribution is 5.89. The van der Waals surface area contributed by atoms with Crippen molar-refractivity contribution in [3.05, 3.63) is 35.9 Å². The fourth-order valence-corrected chi connectivity index (χ4v) is 2.51. The van der Waals surface area contributed by atoms with E-state index >= 15 is 0 Å². The van der Waals surface area contributed by atoms with E-state index < -0.39 is 5.97 Å². The number of carboxylic acid groups (broad SMARTS) is 1. The SMILES string of the molecule is CN(C(=O)Nc1ccc(/C=C/C(=O)O)cc1)C1CCCC1. The zero-order valence-corrected chi connectivity index (χ0v) is 12.1. The Kier molecular flexibility index (Phi) is 4.98. The van der Waals surface area contributed by atoms with Gasteiger partial charge in [-0.3, -0.25) is 0 Å². The van der Waals surface area contributed by atoms with Crippen LogP contribution in [0.3, 0.4) is 0 Å². The number of aliphatic carboxylic acids is 1. The molecular formula is C16H20N2O3. The predicted molar refractivity (Wildman–Crippen MR) is 82.1 cm³/mol. The van der Waals surface area contributed by atoms with Gasteiger partial charge in [-0.1, -0.05) is 25.0 Å². The van der Waals surface area contributed by atoms with Crippen molar-refractivity contribution in [3.8, 4) is 0 Å². The van der Waals surface area contributed by atoms with E-state index in [1.807, 2.05) is 7.05 Å². The molecule has 0 atom stereocenters. The molecule has 5 nitrogen and oxygen atoms in total. The van der Waals surface area contributed by atoms with E-state index in [1.54, 1.807) is 29.2 Å². The molecule has 0 spiro atoms. The summed E-state index contributed by atoms with van der Waals surface area (Å²) in [7, 11) is 1.83. The molecular weight excluding hydrogens is 268 g/mol. The summed E-state index contributed by atoms with van der Waals surface area (Å²) in [5, 5.41) is 11.4. The second-order valence-electron chi connectivity index (χ2n) is 5.27. The Morgan fingerprint density at radius 2 is 1.86 bits per heavy atom. The molecule has 0 radical (unpaired) electrons. The van der Waals surface area contributed by atoms with E-state index in [0.29, 0.717) is 11.7 Å². The zero-order valence-electron chi connectivity index (χ0n) is 12.1. The molecule has 21 heavy (non-hydrogen) atoms. The quantitative estimate of drug-likeness (QED) is 0.836. The zero-order chi connectivity index (χ0) is 15.2. The second-order valence-corrected chi connectivity index (χ2v) is 5.27. The van der Waals surface area contributed by atoms with Crippen LogP contribution in [-0.2, 0) is 4.79 Å². The Morgan fingerprint density at radius 3 is 2.43 bits per heavy atom. The number of rotatable bonds is 4. The lowest BCUT2D eigenvalue weighted by atomic mass is 10.2. The number of benzene rings is 1. The average molecular weight is 288 g/mol. The van der Waals surface area contributed by atoms with Crippen LogP contribution in [0, 0.1) is 0 Å². The van der Waals surface area contributed by atoms with Crippen LogP contribution in [0.25, 0.3) is 6.08 Å². The number of hydrogen-bond acceptors (Lipinski definition) is 2. The minimum atomic E-state index is -0.981. The van der Waals surface area contributed by atoms with Crippen molar-refractivity contribution in [1.29, 1.82) is 0 Å². The number of urea groups is 1. The number of carbonyl (C=O) groups is 2. The number of carbonyl (C=O) groups excluding carboxylic acids is 1. The summed E-state index contributed by atoms with van der Waals surface area (Å²) in [6, 6.07) is 7.30. The number of anilines is 1. The summed E-state index contributed by atoms with van der Waals surface area (Å²) in [5.74, 6) is -0.981. The summed E-state index contributed by atoms with van der Waals surface area (Å²) in [6.45, 7) is 0. The van der Waals surface area contributed by atoms with Crippen molar-refractivity contribution in [2.75, 3.05) is 12.4 Å². The van der Waals surface area contributed by atoms with Gasteiger partial charge in [0.05, 0.1) is 0 Å². The van der Waals surface area contributed by atoms with Crippen LogP contribution in [-0.4, -0.2) is 35.1 Å². The van der Waals surface area contributed by atoms with Crippen molar-refractivity contribution in [3.63, 3.8) is 0 Å². The number of hydrogen-bond donors (Lipinski definition) is 2. The third-order valence-electron chi connectivity index (χ3n) is 3.77. The molecule has 2 amide bonds. The first-order chi connectivity index (χ1) is 10.1. The minimum absolute atomic E-state index is 0.101. The second kappa shape index (κ2) is 6.92. The first-order valence-electron chi connectivity index (χ1n) is 7.11. The molecule has 0 aliphatic heterocycles. The molecule has 2 rings (SSSR count). The smallest absolute Gasteiger partial charge is 0.328 e. The van der Waals surface area contributed by atoms with E-state index in [1.165, 1.54) is 18.9 Å².